The molecule has 2 rings (SSSR count). The fourth-order valence-electron chi connectivity index (χ4n) is 2.79. The van der Waals surface area contributed by atoms with Gasteiger partial charge in [-0.2, -0.15) is 0 Å². The Labute approximate surface area is 167 Å². The highest BCUT2D eigenvalue weighted by molar-refractivity contribution is 7.80. The average Bonchev–Trinajstić information content (AvgIpc) is 2.69. The van der Waals surface area contributed by atoms with Crippen molar-refractivity contribution in [1.82, 2.24) is 5.32 Å². The maximum absolute atomic E-state index is 5.38. The van der Waals surface area contributed by atoms with Crippen molar-refractivity contribution in [3.05, 3.63) is 48.0 Å². The summed E-state index contributed by atoms with van der Waals surface area (Å²) in [6.45, 7) is 7.05. The predicted octanol–water partition coefficient (Wildman–Crippen LogP) is 4.22. The molecule has 0 fully saturated rings. The Kier molecular flexibility index (Phi) is 8.20. The first-order valence-corrected chi connectivity index (χ1v) is 9.56. The summed E-state index contributed by atoms with van der Waals surface area (Å²) in [4.78, 5) is 2.37. The SMILES string of the molecule is CCN(CCCNC(=S)Nc1ccc(OC)c(OC)c1)c1ccc(C)cc1. The summed E-state index contributed by atoms with van der Waals surface area (Å²) in [6, 6.07) is 14.3. The first-order valence-electron chi connectivity index (χ1n) is 9.15. The Morgan fingerprint density at radius 3 is 2.37 bits per heavy atom. The van der Waals surface area contributed by atoms with Crippen LogP contribution in [0.1, 0.15) is 18.9 Å². The van der Waals surface area contributed by atoms with Crippen molar-refractivity contribution in [2.24, 2.45) is 0 Å². The number of hydrogen-bond acceptors (Lipinski definition) is 4. The fraction of sp³-hybridized carbons (Fsp3) is 0.381. The summed E-state index contributed by atoms with van der Waals surface area (Å²) in [5, 5.41) is 7.04. The van der Waals surface area contributed by atoms with Crippen LogP contribution in [0, 0.1) is 6.92 Å². The number of thiocarbonyl (C=S) groups is 1. The number of ether oxygens (including phenoxy) is 2. The third kappa shape index (κ3) is 6.32. The van der Waals surface area contributed by atoms with Gasteiger partial charge in [-0.15, -0.1) is 0 Å². The van der Waals surface area contributed by atoms with E-state index in [0.717, 1.165) is 31.7 Å². The quantitative estimate of drug-likeness (QED) is 0.496. The van der Waals surface area contributed by atoms with Crippen LogP contribution < -0.4 is 25.0 Å². The van der Waals surface area contributed by atoms with Crippen LogP contribution in [-0.2, 0) is 0 Å². The third-order valence-electron chi connectivity index (χ3n) is 4.31. The molecule has 2 aromatic rings. The molecule has 0 spiro atoms. The van der Waals surface area contributed by atoms with Gasteiger partial charge in [0, 0.05) is 37.1 Å². The monoisotopic (exact) mass is 387 g/mol. The number of nitrogens with one attached hydrogen (secondary N) is 2. The summed E-state index contributed by atoms with van der Waals surface area (Å²) in [5.74, 6) is 1.36. The molecule has 27 heavy (non-hydrogen) atoms. The molecule has 0 radical (unpaired) electrons. The van der Waals surface area contributed by atoms with Crippen LogP contribution in [0.3, 0.4) is 0 Å². The van der Waals surface area contributed by atoms with E-state index in [-0.39, 0.29) is 0 Å². The van der Waals surface area contributed by atoms with Crippen LogP contribution in [0.25, 0.3) is 0 Å². The van der Waals surface area contributed by atoms with E-state index in [0.29, 0.717) is 16.6 Å². The van der Waals surface area contributed by atoms with Gasteiger partial charge in [0.2, 0.25) is 0 Å². The first kappa shape index (κ1) is 20.8. The lowest BCUT2D eigenvalue weighted by Crippen LogP contribution is -2.32. The van der Waals surface area contributed by atoms with Gasteiger partial charge in [0.25, 0.3) is 0 Å². The molecular weight excluding hydrogens is 358 g/mol. The van der Waals surface area contributed by atoms with E-state index < -0.39 is 0 Å². The molecule has 5 nitrogen and oxygen atoms in total. The maximum Gasteiger partial charge on any atom is 0.170 e. The molecule has 2 N–H and O–H groups in total. The van der Waals surface area contributed by atoms with E-state index >= 15 is 0 Å². The molecule has 0 atom stereocenters. The molecule has 0 aromatic heterocycles. The molecule has 0 bridgehead atoms. The number of hydrogen-bond donors (Lipinski definition) is 2. The van der Waals surface area contributed by atoms with Crippen molar-refractivity contribution in [3.63, 3.8) is 0 Å². The highest BCUT2D eigenvalue weighted by Crippen LogP contribution is 2.29. The summed E-state index contributed by atoms with van der Waals surface area (Å²) in [7, 11) is 3.24. The van der Waals surface area contributed by atoms with Crippen LogP contribution in [0.2, 0.25) is 0 Å². The van der Waals surface area contributed by atoms with Crippen molar-refractivity contribution >= 4 is 28.7 Å². The maximum atomic E-state index is 5.38. The lowest BCUT2D eigenvalue weighted by Gasteiger charge is -2.23. The molecule has 0 aliphatic carbocycles. The molecule has 146 valence electrons. The summed E-state index contributed by atoms with van der Waals surface area (Å²) in [5.41, 5.74) is 3.40. The smallest absolute Gasteiger partial charge is 0.170 e. The molecular formula is C21H29N3O2S. The van der Waals surface area contributed by atoms with Crippen LogP contribution in [0.5, 0.6) is 11.5 Å². The van der Waals surface area contributed by atoms with Gasteiger partial charge in [0.05, 0.1) is 14.2 Å². The Morgan fingerprint density at radius 2 is 1.74 bits per heavy atom. The van der Waals surface area contributed by atoms with Gasteiger partial charge in [-0.05, 0) is 56.8 Å². The number of methoxy groups -OCH3 is 2. The standard InChI is InChI=1S/C21H29N3O2S/c1-5-24(18-10-7-16(2)8-11-18)14-6-13-22-21(27)23-17-9-12-19(25-3)20(15-17)26-4/h7-12,15H,5-6,13-14H2,1-4H3,(H2,22,23,27). The molecule has 6 heteroatoms. The van der Waals surface area contributed by atoms with Crippen molar-refractivity contribution in [1.29, 1.82) is 0 Å². The average molecular weight is 388 g/mol. The molecule has 0 saturated carbocycles. The van der Waals surface area contributed by atoms with Gasteiger partial charge in [0.15, 0.2) is 16.6 Å². The van der Waals surface area contributed by atoms with Gasteiger partial charge in [-0.1, -0.05) is 17.7 Å². The minimum atomic E-state index is 0.598. The predicted molar refractivity (Wildman–Crippen MR) is 117 cm³/mol. The van der Waals surface area contributed by atoms with Crippen LogP contribution in [-0.4, -0.2) is 39.0 Å². The zero-order chi connectivity index (χ0) is 19.6. The topological polar surface area (TPSA) is 45.8 Å². The number of benzene rings is 2. The Hall–Kier alpha value is -2.47. The lowest BCUT2D eigenvalue weighted by atomic mass is 10.2. The molecule has 0 aliphatic heterocycles. The van der Waals surface area contributed by atoms with Crippen LogP contribution >= 0.6 is 12.2 Å². The molecule has 0 saturated heterocycles. The summed E-state index contributed by atoms with van der Waals surface area (Å²) >= 11 is 5.38. The number of nitrogens with zero attached hydrogens (tertiary/aromatic N) is 1. The highest BCUT2D eigenvalue weighted by atomic mass is 32.1. The van der Waals surface area contributed by atoms with E-state index in [1.165, 1.54) is 11.3 Å². The molecule has 0 unspecified atom stereocenters. The Bertz CT molecular complexity index is 735. The van der Waals surface area contributed by atoms with Crippen molar-refractivity contribution in [2.45, 2.75) is 20.3 Å². The molecule has 0 amide bonds. The van der Waals surface area contributed by atoms with E-state index in [2.05, 4.69) is 53.6 Å². The van der Waals surface area contributed by atoms with E-state index in [1.54, 1.807) is 14.2 Å². The lowest BCUT2D eigenvalue weighted by molar-refractivity contribution is 0.355. The first-order chi connectivity index (χ1) is 13.1. The largest absolute Gasteiger partial charge is 0.493 e. The molecule has 0 aliphatic rings. The second-order valence-electron chi connectivity index (χ2n) is 6.22. The van der Waals surface area contributed by atoms with Crippen LogP contribution in [0.15, 0.2) is 42.5 Å². The molecule has 0 heterocycles. The van der Waals surface area contributed by atoms with E-state index in [9.17, 15) is 0 Å². The van der Waals surface area contributed by atoms with Gasteiger partial charge < -0.3 is 25.0 Å². The highest BCUT2D eigenvalue weighted by Gasteiger charge is 2.06. The van der Waals surface area contributed by atoms with E-state index in [4.69, 9.17) is 21.7 Å². The Morgan fingerprint density at radius 1 is 1.04 bits per heavy atom. The van der Waals surface area contributed by atoms with Gasteiger partial charge in [-0.25, -0.2) is 0 Å². The minimum Gasteiger partial charge on any atom is -0.493 e. The number of anilines is 2. The third-order valence-corrected chi connectivity index (χ3v) is 4.56. The second kappa shape index (κ2) is 10.6. The fourth-order valence-corrected chi connectivity index (χ4v) is 3.01. The van der Waals surface area contributed by atoms with Gasteiger partial charge >= 0.3 is 0 Å². The summed E-state index contributed by atoms with van der Waals surface area (Å²) in [6.07, 6.45) is 0.996. The second-order valence-corrected chi connectivity index (χ2v) is 6.63. The zero-order valence-electron chi connectivity index (χ0n) is 16.5. The minimum absolute atomic E-state index is 0.598. The molecule has 2 aromatic carbocycles. The Balaban J connectivity index is 1.78. The number of rotatable bonds is 9. The van der Waals surface area contributed by atoms with E-state index in [1.807, 2.05) is 18.2 Å². The van der Waals surface area contributed by atoms with Crippen LogP contribution in [0.4, 0.5) is 11.4 Å². The van der Waals surface area contributed by atoms with Crippen molar-refractivity contribution < 1.29 is 9.47 Å². The normalized spacial score (nSPS) is 10.2. The zero-order valence-corrected chi connectivity index (χ0v) is 17.4. The van der Waals surface area contributed by atoms with Crippen molar-refractivity contribution in [2.75, 3.05) is 44.1 Å². The van der Waals surface area contributed by atoms with Gasteiger partial charge in [0.1, 0.15) is 0 Å². The van der Waals surface area contributed by atoms with Gasteiger partial charge in [-0.3, -0.25) is 0 Å². The number of aryl methyl sites for hydroxylation is 1. The summed E-state index contributed by atoms with van der Waals surface area (Å²) < 4.78 is 10.6. The van der Waals surface area contributed by atoms with Crippen molar-refractivity contribution in [3.8, 4) is 11.5 Å².